The molecular formula is C9H21NO2. The molecule has 3 heteroatoms. The van der Waals surface area contributed by atoms with Gasteiger partial charge < -0.3 is 15.5 Å². The van der Waals surface area contributed by atoms with Crippen molar-refractivity contribution in [1.29, 1.82) is 0 Å². The zero-order chi connectivity index (χ0) is 9.61. The SMILES string of the molecule is CC(C)CNCC(C)(CO)CO. The minimum absolute atomic E-state index is 0.0224. The number of aliphatic hydroxyl groups excluding tert-OH is 2. The Morgan fingerprint density at radius 1 is 1.25 bits per heavy atom. The molecule has 0 aliphatic carbocycles. The highest BCUT2D eigenvalue weighted by molar-refractivity contribution is 4.74. The largest absolute Gasteiger partial charge is 0.396 e. The zero-order valence-corrected chi connectivity index (χ0v) is 8.30. The normalized spacial score (nSPS) is 12.5. The van der Waals surface area contributed by atoms with E-state index >= 15 is 0 Å². The molecule has 3 N–H and O–H groups in total. The van der Waals surface area contributed by atoms with Gasteiger partial charge in [0.1, 0.15) is 0 Å². The van der Waals surface area contributed by atoms with Crippen molar-refractivity contribution >= 4 is 0 Å². The van der Waals surface area contributed by atoms with Crippen LogP contribution in [0.2, 0.25) is 0 Å². The van der Waals surface area contributed by atoms with Gasteiger partial charge in [-0.25, -0.2) is 0 Å². The summed E-state index contributed by atoms with van der Waals surface area (Å²) in [6.45, 7) is 7.75. The van der Waals surface area contributed by atoms with Gasteiger partial charge >= 0.3 is 0 Å². The Hall–Kier alpha value is -0.120. The Morgan fingerprint density at radius 3 is 2.08 bits per heavy atom. The lowest BCUT2D eigenvalue weighted by atomic mass is 9.93. The van der Waals surface area contributed by atoms with Crippen molar-refractivity contribution in [2.45, 2.75) is 20.8 Å². The van der Waals surface area contributed by atoms with Gasteiger partial charge in [0, 0.05) is 12.0 Å². The maximum atomic E-state index is 8.95. The first-order chi connectivity index (χ1) is 5.54. The van der Waals surface area contributed by atoms with Crippen LogP contribution >= 0.6 is 0 Å². The van der Waals surface area contributed by atoms with E-state index in [4.69, 9.17) is 10.2 Å². The molecule has 3 nitrogen and oxygen atoms in total. The molecule has 0 fully saturated rings. The van der Waals surface area contributed by atoms with Crippen molar-refractivity contribution in [3.05, 3.63) is 0 Å². The summed E-state index contributed by atoms with van der Waals surface area (Å²) < 4.78 is 0. The van der Waals surface area contributed by atoms with Crippen molar-refractivity contribution in [3.8, 4) is 0 Å². The lowest BCUT2D eigenvalue weighted by Gasteiger charge is -2.25. The molecule has 12 heavy (non-hydrogen) atoms. The first-order valence-corrected chi connectivity index (χ1v) is 4.46. The molecule has 0 bridgehead atoms. The van der Waals surface area contributed by atoms with E-state index < -0.39 is 0 Å². The summed E-state index contributed by atoms with van der Waals surface area (Å²) in [5.74, 6) is 0.603. The van der Waals surface area contributed by atoms with Gasteiger partial charge in [-0.05, 0) is 12.5 Å². The summed E-state index contributed by atoms with van der Waals surface area (Å²) in [5.41, 5.74) is -0.380. The average Bonchev–Trinajstić information content (AvgIpc) is 2.03. The monoisotopic (exact) mass is 175 g/mol. The fourth-order valence-electron chi connectivity index (χ4n) is 0.824. The summed E-state index contributed by atoms with van der Waals surface area (Å²) in [7, 11) is 0. The van der Waals surface area contributed by atoms with E-state index in [-0.39, 0.29) is 18.6 Å². The Kier molecular flexibility index (Phi) is 5.46. The molecule has 0 aliphatic heterocycles. The third kappa shape index (κ3) is 4.70. The number of hydrogen-bond acceptors (Lipinski definition) is 3. The molecule has 0 radical (unpaired) electrons. The third-order valence-corrected chi connectivity index (χ3v) is 1.87. The van der Waals surface area contributed by atoms with Crippen LogP contribution in [-0.2, 0) is 0 Å². The Labute approximate surface area is 74.8 Å². The molecule has 0 aliphatic rings. The first-order valence-electron chi connectivity index (χ1n) is 4.46. The van der Waals surface area contributed by atoms with E-state index in [0.717, 1.165) is 6.54 Å². The van der Waals surface area contributed by atoms with Crippen LogP contribution in [0.3, 0.4) is 0 Å². The highest BCUT2D eigenvalue weighted by atomic mass is 16.3. The molecular weight excluding hydrogens is 154 g/mol. The molecule has 0 unspecified atom stereocenters. The number of aliphatic hydroxyl groups is 2. The van der Waals surface area contributed by atoms with E-state index in [0.29, 0.717) is 12.5 Å². The van der Waals surface area contributed by atoms with E-state index in [9.17, 15) is 0 Å². The number of rotatable bonds is 6. The van der Waals surface area contributed by atoms with Crippen molar-refractivity contribution in [3.63, 3.8) is 0 Å². The second kappa shape index (κ2) is 5.51. The van der Waals surface area contributed by atoms with Gasteiger partial charge in [0.25, 0.3) is 0 Å². The van der Waals surface area contributed by atoms with Crippen LogP contribution in [-0.4, -0.2) is 36.5 Å². The van der Waals surface area contributed by atoms with E-state index in [2.05, 4.69) is 19.2 Å². The average molecular weight is 175 g/mol. The van der Waals surface area contributed by atoms with Crippen LogP contribution in [0, 0.1) is 11.3 Å². The van der Waals surface area contributed by atoms with Gasteiger partial charge in [-0.15, -0.1) is 0 Å². The fourth-order valence-corrected chi connectivity index (χ4v) is 0.824. The molecule has 0 aromatic rings. The van der Waals surface area contributed by atoms with Crippen LogP contribution in [0.25, 0.3) is 0 Å². The zero-order valence-electron chi connectivity index (χ0n) is 8.30. The third-order valence-electron chi connectivity index (χ3n) is 1.87. The Bertz CT molecular complexity index is 111. The minimum Gasteiger partial charge on any atom is -0.396 e. The van der Waals surface area contributed by atoms with Crippen LogP contribution in [0.4, 0.5) is 0 Å². The molecule has 0 saturated heterocycles. The maximum absolute atomic E-state index is 8.95. The number of hydrogen-bond donors (Lipinski definition) is 3. The molecule has 0 amide bonds. The second-order valence-corrected chi connectivity index (χ2v) is 4.15. The maximum Gasteiger partial charge on any atom is 0.0518 e. The second-order valence-electron chi connectivity index (χ2n) is 4.15. The summed E-state index contributed by atoms with van der Waals surface area (Å²) in [6, 6.07) is 0. The van der Waals surface area contributed by atoms with Gasteiger partial charge in [0.05, 0.1) is 13.2 Å². The predicted molar refractivity (Wildman–Crippen MR) is 50.0 cm³/mol. The van der Waals surface area contributed by atoms with Gasteiger partial charge in [-0.1, -0.05) is 20.8 Å². The topological polar surface area (TPSA) is 52.5 Å². The highest BCUT2D eigenvalue weighted by Crippen LogP contribution is 2.11. The summed E-state index contributed by atoms with van der Waals surface area (Å²) in [5, 5.41) is 21.1. The standard InChI is InChI=1S/C9H21NO2/c1-8(2)4-10-5-9(3,6-11)7-12/h8,10-12H,4-7H2,1-3H3. The smallest absolute Gasteiger partial charge is 0.0518 e. The van der Waals surface area contributed by atoms with Gasteiger partial charge in [0.15, 0.2) is 0 Å². The molecule has 0 spiro atoms. The molecule has 0 rings (SSSR count). The summed E-state index contributed by atoms with van der Waals surface area (Å²) >= 11 is 0. The summed E-state index contributed by atoms with van der Waals surface area (Å²) in [4.78, 5) is 0. The Balaban J connectivity index is 3.58. The molecule has 0 aromatic carbocycles. The number of nitrogens with one attached hydrogen (secondary N) is 1. The molecule has 0 heterocycles. The van der Waals surface area contributed by atoms with Crippen molar-refractivity contribution < 1.29 is 10.2 Å². The van der Waals surface area contributed by atoms with Crippen LogP contribution in [0.1, 0.15) is 20.8 Å². The van der Waals surface area contributed by atoms with Crippen molar-refractivity contribution in [2.75, 3.05) is 26.3 Å². The lowest BCUT2D eigenvalue weighted by molar-refractivity contribution is 0.0693. The van der Waals surface area contributed by atoms with E-state index in [1.165, 1.54) is 0 Å². The van der Waals surface area contributed by atoms with Crippen LogP contribution in [0.15, 0.2) is 0 Å². The highest BCUT2D eigenvalue weighted by Gasteiger charge is 2.21. The molecule has 0 aromatic heterocycles. The van der Waals surface area contributed by atoms with Crippen LogP contribution < -0.4 is 5.32 Å². The van der Waals surface area contributed by atoms with E-state index in [1.54, 1.807) is 0 Å². The molecule has 0 saturated carbocycles. The summed E-state index contributed by atoms with van der Waals surface area (Å²) in [6.07, 6.45) is 0. The quantitative estimate of drug-likeness (QED) is 0.541. The van der Waals surface area contributed by atoms with E-state index in [1.807, 2.05) is 6.92 Å². The molecule has 74 valence electrons. The van der Waals surface area contributed by atoms with Crippen LogP contribution in [0.5, 0.6) is 0 Å². The first kappa shape index (κ1) is 11.9. The predicted octanol–water partition coefficient (Wildman–Crippen LogP) is 0.223. The van der Waals surface area contributed by atoms with Gasteiger partial charge in [0.2, 0.25) is 0 Å². The van der Waals surface area contributed by atoms with Crippen molar-refractivity contribution in [2.24, 2.45) is 11.3 Å². The van der Waals surface area contributed by atoms with Crippen molar-refractivity contribution in [1.82, 2.24) is 5.32 Å². The lowest BCUT2D eigenvalue weighted by Crippen LogP contribution is -2.39. The van der Waals surface area contributed by atoms with Gasteiger partial charge in [-0.2, -0.15) is 0 Å². The minimum atomic E-state index is -0.380. The van der Waals surface area contributed by atoms with Gasteiger partial charge in [-0.3, -0.25) is 0 Å². The molecule has 0 atom stereocenters. The Morgan fingerprint density at radius 2 is 1.75 bits per heavy atom. The fraction of sp³-hybridized carbons (Fsp3) is 1.00.